The van der Waals surface area contributed by atoms with E-state index in [9.17, 15) is 0 Å². The summed E-state index contributed by atoms with van der Waals surface area (Å²) in [4.78, 5) is 0. The van der Waals surface area contributed by atoms with Gasteiger partial charge in [-0.05, 0) is 33.6 Å². The maximum Gasteiger partial charge on any atom is 0.500 e. The number of hydrogen-bond acceptors (Lipinski definition) is 3. The monoisotopic (exact) mass is 605 g/mol. The van der Waals surface area contributed by atoms with Gasteiger partial charge < -0.3 is 13.3 Å². The number of alkyl halides is 1. The second-order valence-electron chi connectivity index (χ2n) is 12.0. The number of unbranched alkanes of at least 4 members (excludes halogenated alkanes) is 26. The standard InChI is InChI=1S/C35H73ClO3Si/c1-4-37-40(38-5-2,39-6-3)35-33-31-29-27-25-23-21-19-17-15-13-11-9-7-8-10-12-14-16-18-20-22-24-26-28-30-32-34-36/h4-35H2,1-3H3. The molecule has 0 radical (unpaired) electrons. The molecule has 0 N–H and O–H groups in total. The minimum absolute atomic E-state index is 0.684. The Morgan fingerprint density at radius 1 is 0.325 bits per heavy atom. The van der Waals surface area contributed by atoms with Gasteiger partial charge in [0.1, 0.15) is 0 Å². The molecule has 40 heavy (non-hydrogen) atoms. The molecule has 5 heteroatoms. The predicted octanol–water partition coefficient (Wildman–Crippen LogP) is 12.8. The van der Waals surface area contributed by atoms with E-state index < -0.39 is 8.80 Å². The van der Waals surface area contributed by atoms with Crippen LogP contribution >= 0.6 is 11.6 Å². The second-order valence-corrected chi connectivity index (χ2v) is 15.1. The normalized spacial score (nSPS) is 12.0. The van der Waals surface area contributed by atoms with Gasteiger partial charge >= 0.3 is 8.80 Å². The molecule has 0 fully saturated rings. The SMILES string of the molecule is CCO[Si](CCCCCCCCCCCCCCCCCCCCCCCCCCCCCCl)(OCC)OCC. The molecule has 0 aliphatic rings. The van der Waals surface area contributed by atoms with E-state index in [4.69, 9.17) is 24.9 Å². The number of hydrogen-bond donors (Lipinski definition) is 0. The molecule has 0 saturated heterocycles. The molecule has 0 amide bonds. The zero-order chi connectivity index (χ0) is 29.2. The highest BCUT2D eigenvalue weighted by atomic mass is 35.5. The van der Waals surface area contributed by atoms with Gasteiger partial charge in [0, 0.05) is 31.7 Å². The van der Waals surface area contributed by atoms with Crippen LogP contribution in [0.25, 0.3) is 0 Å². The summed E-state index contributed by atoms with van der Waals surface area (Å²) >= 11 is 5.73. The van der Waals surface area contributed by atoms with Crippen molar-refractivity contribution in [1.82, 2.24) is 0 Å². The van der Waals surface area contributed by atoms with Crippen molar-refractivity contribution in [2.24, 2.45) is 0 Å². The molecule has 0 bridgehead atoms. The molecular formula is C35H73ClO3Si. The van der Waals surface area contributed by atoms with Crippen LogP contribution in [0.2, 0.25) is 6.04 Å². The van der Waals surface area contributed by atoms with Crippen LogP contribution in [-0.4, -0.2) is 34.5 Å². The third-order valence-electron chi connectivity index (χ3n) is 8.21. The van der Waals surface area contributed by atoms with Gasteiger partial charge in [0.15, 0.2) is 0 Å². The average Bonchev–Trinajstić information content (AvgIpc) is 2.95. The minimum atomic E-state index is -2.42. The van der Waals surface area contributed by atoms with Gasteiger partial charge in [0.2, 0.25) is 0 Å². The van der Waals surface area contributed by atoms with Crippen molar-refractivity contribution >= 4 is 20.4 Å². The zero-order valence-electron chi connectivity index (χ0n) is 27.7. The second kappa shape index (κ2) is 33.9. The smallest absolute Gasteiger partial charge is 0.374 e. The van der Waals surface area contributed by atoms with E-state index in [0.717, 1.165) is 11.9 Å². The van der Waals surface area contributed by atoms with Crippen LogP contribution in [0.3, 0.4) is 0 Å². The molecule has 0 aromatic carbocycles. The molecule has 3 nitrogen and oxygen atoms in total. The predicted molar refractivity (Wildman–Crippen MR) is 181 cm³/mol. The minimum Gasteiger partial charge on any atom is -0.374 e. The fourth-order valence-corrected chi connectivity index (χ4v) is 8.73. The Morgan fingerprint density at radius 2 is 0.525 bits per heavy atom. The van der Waals surface area contributed by atoms with E-state index in [1.165, 1.54) is 173 Å². The van der Waals surface area contributed by atoms with Crippen molar-refractivity contribution < 1.29 is 13.3 Å². The molecule has 0 aromatic heterocycles. The van der Waals surface area contributed by atoms with Crippen LogP contribution in [-0.2, 0) is 13.3 Å². The first-order valence-electron chi connectivity index (χ1n) is 18.2. The summed E-state index contributed by atoms with van der Waals surface area (Å²) < 4.78 is 17.9. The van der Waals surface area contributed by atoms with Crippen LogP contribution in [0, 0.1) is 0 Å². The Labute approximate surface area is 259 Å². The summed E-state index contributed by atoms with van der Waals surface area (Å²) in [5.74, 6) is 0.840. The first-order valence-corrected chi connectivity index (χ1v) is 20.7. The van der Waals surface area contributed by atoms with Gasteiger partial charge in [-0.3, -0.25) is 0 Å². The molecule has 0 spiro atoms. The average molecular weight is 606 g/mol. The largest absolute Gasteiger partial charge is 0.500 e. The van der Waals surface area contributed by atoms with E-state index in [1.54, 1.807) is 0 Å². The van der Waals surface area contributed by atoms with Crippen LogP contribution in [0.15, 0.2) is 0 Å². The summed E-state index contributed by atoms with van der Waals surface area (Å²) in [6.45, 7) is 8.18. The van der Waals surface area contributed by atoms with Crippen molar-refractivity contribution in [3.63, 3.8) is 0 Å². The van der Waals surface area contributed by atoms with Crippen LogP contribution in [0.4, 0.5) is 0 Å². The Bertz CT molecular complexity index is 449. The van der Waals surface area contributed by atoms with Crippen LogP contribution in [0.1, 0.15) is 194 Å². The third kappa shape index (κ3) is 28.5. The Hall–Kier alpha value is 0.387. The van der Waals surface area contributed by atoms with Gasteiger partial charge in [-0.25, -0.2) is 0 Å². The van der Waals surface area contributed by atoms with Crippen LogP contribution < -0.4 is 0 Å². The summed E-state index contributed by atoms with van der Waals surface area (Å²) in [5, 5.41) is 0. The first-order chi connectivity index (χ1) is 19.7. The summed E-state index contributed by atoms with van der Waals surface area (Å²) in [5.41, 5.74) is 0. The van der Waals surface area contributed by atoms with E-state index >= 15 is 0 Å². The molecule has 0 aliphatic carbocycles. The quantitative estimate of drug-likeness (QED) is 0.0409. The highest BCUT2D eigenvalue weighted by molar-refractivity contribution is 6.60. The van der Waals surface area contributed by atoms with E-state index in [0.29, 0.717) is 19.8 Å². The Morgan fingerprint density at radius 3 is 0.725 bits per heavy atom. The zero-order valence-corrected chi connectivity index (χ0v) is 29.5. The lowest BCUT2D eigenvalue weighted by atomic mass is 10.0. The fourth-order valence-electron chi connectivity index (χ4n) is 5.86. The van der Waals surface area contributed by atoms with Crippen molar-refractivity contribution in [3.8, 4) is 0 Å². The van der Waals surface area contributed by atoms with Gasteiger partial charge in [-0.1, -0.05) is 161 Å². The topological polar surface area (TPSA) is 27.7 Å². The molecule has 242 valence electrons. The van der Waals surface area contributed by atoms with Crippen LogP contribution in [0.5, 0.6) is 0 Å². The van der Waals surface area contributed by atoms with Crippen molar-refractivity contribution in [2.75, 3.05) is 25.7 Å². The lowest BCUT2D eigenvalue weighted by Gasteiger charge is -2.28. The van der Waals surface area contributed by atoms with Gasteiger partial charge in [0.25, 0.3) is 0 Å². The summed E-state index contributed by atoms with van der Waals surface area (Å²) in [6.07, 6.45) is 38.1. The van der Waals surface area contributed by atoms with E-state index in [-0.39, 0.29) is 0 Å². The highest BCUT2D eigenvalue weighted by Gasteiger charge is 2.39. The van der Waals surface area contributed by atoms with Crippen molar-refractivity contribution in [2.45, 2.75) is 200 Å². The molecule has 0 aromatic rings. The fraction of sp³-hybridized carbons (Fsp3) is 1.00. The maximum atomic E-state index is 5.96. The Kier molecular flexibility index (Phi) is 34.2. The van der Waals surface area contributed by atoms with Crippen molar-refractivity contribution in [1.29, 1.82) is 0 Å². The molecule has 0 rings (SSSR count). The first kappa shape index (κ1) is 40.4. The number of rotatable bonds is 35. The van der Waals surface area contributed by atoms with Gasteiger partial charge in [-0.15, -0.1) is 11.6 Å². The molecular weight excluding hydrogens is 532 g/mol. The lowest BCUT2D eigenvalue weighted by molar-refractivity contribution is 0.0706. The van der Waals surface area contributed by atoms with E-state index in [2.05, 4.69) is 0 Å². The highest BCUT2D eigenvalue weighted by Crippen LogP contribution is 2.21. The molecule has 0 atom stereocenters. The molecule has 0 saturated carbocycles. The molecule has 0 aliphatic heterocycles. The van der Waals surface area contributed by atoms with Gasteiger partial charge in [0.05, 0.1) is 0 Å². The molecule has 0 heterocycles. The Balaban J connectivity index is 3.26. The third-order valence-corrected chi connectivity index (χ3v) is 11.6. The summed E-state index contributed by atoms with van der Waals surface area (Å²) in [6, 6.07) is 0.972. The van der Waals surface area contributed by atoms with E-state index in [1.807, 2.05) is 20.8 Å². The lowest BCUT2D eigenvalue weighted by Crippen LogP contribution is -2.45. The maximum absolute atomic E-state index is 5.96. The van der Waals surface area contributed by atoms with Crippen molar-refractivity contribution in [3.05, 3.63) is 0 Å². The van der Waals surface area contributed by atoms with Gasteiger partial charge in [-0.2, -0.15) is 0 Å². The molecule has 0 unspecified atom stereocenters. The summed E-state index contributed by atoms with van der Waals surface area (Å²) in [7, 11) is -2.42. The number of halogens is 1.